The Labute approximate surface area is 116 Å². The average Bonchev–Trinajstić information content (AvgIpc) is 2.65. The molecule has 0 radical (unpaired) electrons. The molecule has 0 saturated heterocycles. The Bertz CT molecular complexity index is 660. The molecular formula is C14H17N3OS. The number of carbonyl (C=O) groups excluding carboxylic acids is 1. The number of carbonyl (C=O) groups is 1. The highest BCUT2D eigenvalue weighted by Crippen LogP contribution is 2.35. The second-order valence-electron chi connectivity index (χ2n) is 4.58. The van der Waals surface area contributed by atoms with Crippen LogP contribution in [0.15, 0.2) is 18.7 Å². The Morgan fingerprint density at radius 3 is 2.89 bits per heavy atom. The van der Waals surface area contributed by atoms with Crippen LogP contribution in [0.2, 0.25) is 0 Å². The number of pyridine rings is 1. The van der Waals surface area contributed by atoms with Gasteiger partial charge >= 0.3 is 0 Å². The van der Waals surface area contributed by atoms with Crippen LogP contribution in [0.25, 0.3) is 10.2 Å². The van der Waals surface area contributed by atoms with Crippen molar-refractivity contribution in [2.45, 2.75) is 13.8 Å². The Hall–Kier alpha value is -1.88. The molecule has 0 aliphatic carbocycles. The molecular weight excluding hydrogens is 258 g/mol. The second-order valence-corrected chi connectivity index (χ2v) is 5.58. The van der Waals surface area contributed by atoms with Gasteiger partial charge < -0.3 is 10.6 Å². The summed E-state index contributed by atoms with van der Waals surface area (Å²) < 4.78 is 0. The minimum Gasteiger partial charge on any atom is -0.397 e. The third kappa shape index (κ3) is 2.33. The summed E-state index contributed by atoms with van der Waals surface area (Å²) >= 11 is 1.35. The predicted molar refractivity (Wildman–Crippen MR) is 80.7 cm³/mol. The van der Waals surface area contributed by atoms with E-state index >= 15 is 0 Å². The van der Waals surface area contributed by atoms with Crippen molar-refractivity contribution in [2.75, 3.05) is 19.3 Å². The lowest BCUT2D eigenvalue weighted by Gasteiger charge is -2.13. The fourth-order valence-corrected chi connectivity index (χ4v) is 3.29. The van der Waals surface area contributed by atoms with Crippen LogP contribution >= 0.6 is 11.3 Å². The number of nitrogen functional groups attached to an aromatic ring is 1. The van der Waals surface area contributed by atoms with Crippen molar-refractivity contribution in [3.63, 3.8) is 0 Å². The lowest BCUT2D eigenvalue weighted by molar-refractivity contribution is 0.0816. The van der Waals surface area contributed by atoms with Gasteiger partial charge in [-0.2, -0.15) is 0 Å². The molecule has 2 heterocycles. The van der Waals surface area contributed by atoms with Crippen LogP contribution in [0, 0.1) is 13.8 Å². The summed E-state index contributed by atoms with van der Waals surface area (Å²) in [5.41, 5.74) is 8.65. The number of likely N-dealkylation sites (N-methyl/N-ethyl adjacent to an activating group) is 1. The van der Waals surface area contributed by atoms with Gasteiger partial charge in [0.2, 0.25) is 0 Å². The molecule has 0 bridgehead atoms. The molecule has 2 aromatic rings. The van der Waals surface area contributed by atoms with Crippen molar-refractivity contribution in [3.05, 3.63) is 34.9 Å². The first kappa shape index (κ1) is 13.5. The van der Waals surface area contributed by atoms with Crippen molar-refractivity contribution in [2.24, 2.45) is 0 Å². The maximum Gasteiger partial charge on any atom is 0.266 e. The number of amides is 1. The lowest BCUT2D eigenvalue weighted by Crippen LogP contribution is -2.26. The number of aryl methyl sites for hydroxylation is 2. The Balaban J connectivity index is 2.57. The summed E-state index contributed by atoms with van der Waals surface area (Å²) in [5, 5.41) is 0.894. The highest BCUT2D eigenvalue weighted by Gasteiger charge is 2.21. The molecule has 0 aliphatic rings. The zero-order valence-corrected chi connectivity index (χ0v) is 12.2. The Kier molecular flexibility index (Phi) is 3.57. The van der Waals surface area contributed by atoms with Crippen molar-refractivity contribution >= 4 is 33.1 Å². The molecule has 0 fully saturated rings. The zero-order chi connectivity index (χ0) is 14.2. The Morgan fingerprint density at radius 1 is 1.58 bits per heavy atom. The molecule has 0 saturated carbocycles. The molecule has 1 amide bonds. The normalized spacial score (nSPS) is 10.7. The maximum atomic E-state index is 12.3. The minimum atomic E-state index is -0.0857. The summed E-state index contributed by atoms with van der Waals surface area (Å²) in [6.45, 7) is 8.06. The molecule has 2 aromatic heterocycles. The van der Waals surface area contributed by atoms with Gasteiger partial charge in [-0.15, -0.1) is 17.9 Å². The predicted octanol–water partition coefficient (Wildman–Crippen LogP) is 2.75. The molecule has 2 N–H and O–H groups in total. The monoisotopic (exact) mass is 275 g/mol. The number of fused-ring (bicyclic) bond motifs is 1. The first-order valence-corrected chi connectivity index (χ1v) is 6.80. The van der Waals surface area contributed by atoms with Crippen LogP contribution in [-0.2, 0) is 0 Å². The maximum absolute atomic E-state index is 12.3. The van der Waals surface area contributed by atoms with Gasteiger partial charge in [-0.25, -0.2) is 4.98 Å². The van der Waals surface area contributed by atoms with Gasteiger partial charge in [-0.1, -0.05) is 6.08 Å². The van der Waals surface area contributed by atoms with Gasteiger partial charge in [0.05, 0.1) is 5.69 Å². The van der Waals surface area contributed by atoms with Crippen LogP contribution in [0.3, 0.4) is 0 Å². The third-order valence-electron chi connectivity index (χ3n) is 2.97. The topological polar surface area (TPSA) is 59.2 Å². The highest BCUT2D eigenvalue weighted by molar-refractivity contribution is 7.21. The summed E-state index contributed by atoms with van der Waals surface area (Å²) in [6, 6.07) is 1.98. The van der Waals surface area contributed by atoms with E-state index in [1.54, 1.807) is 18.0 Å². The van der Waals surface area contributed by atoms with Gasteiger partial charge in [-0.05, 0) is 25.5 Å². The number of rotatable bonds is 3. The highest BCUT2D eigenvalue weighted by atomic mass is 32.1. The van der Waals surface area contributed by atoms with Gasteiger partial charge in [0, 0.05) is 24.7 Å². The smallest absolute Gasteiger partial charge is 0.266 e. The number of hydrogen-bond acceptors (Lipinski definition) is 4. The van der Waals surface area contributed by atoms with Crippen molar-refractivity contribution < 1.29 is 4.79 Å². The van der Waals surface area contributed by atoms with Gasteiger partial charge in [-0.3, -0.25) is 4.79 Å². The largest absolute Gasteiger partial charge is 0.397 e. The Morgan fingerprint density at radius 2 is 2.26 bits per heavy atom. The minimum absolute atomic E-state index is 0.0857. The molecule has 19 heavy (non-hydrogen) atoms. The molecule has 100 valence electrons. The molecule has 0 unspecified atom stereocenters. The molecule has 0 atom stereocenters. The quantitative estimate of drug-likeness (QED) is 0.876. The fourth-order valence-electron chi connectivity index (χ4n) is 2.08. The van der Waals surface area contributed by atoms with E-state index < -0.39 is 0 Å². The van der Waals surface area contributed by atoms with Gasteiger partial charge in [0.25, 0.3) is 5.91 Å². The van der Waals surface area contributed by atoms with Crippen LogP contribution in [0.4, 0.5) is 5.69 Å². The summed E-state index contributed by atoms with van der Waals surface area (Å²) in [7, 11) is 1.74. The van der Waals surface area contributed by atoms with Crippen LogP contribution in [0.1, 0.15) is 20.9 Å². The summed E-state index contributed by atoms with van der Waals surface area (Å²) in [4.78, 5) is 19.7. The lowest BCUT2D eigenvalue weighted by atomic mass is 10.1. The number of anilines is 1. The van der Waals surface area contributed by atoms with Gasteiger partial charge in [0.15, 0.2) is 0 Å². The van der Waals surface area contributed by atoms with E-state index in [0.29, 0.717) is 17.1 Å². The summed E-state index contributed by atoms with van der Waals surface area (Å²) in [5.74, 6) is -0.0857. The van der Waals surface area contributed by atoms with E-state index in [9.17, 15) is 4.79 Å². The standard InChI is InChI=1S/C14H17N3OS/c1-5-6-17(4)14(18)12-11(15)10-8(2)7-9(3)16-13(10)19-12/h5,7H,1,6,15H2,2-4H3. The van der Waals surface area contributed by atoms with E-state index in [4.69, 9.17) is 5.73 Å². The van der Waals surface area contributed by atoms with Crippen LogP contribution in [-0.4, -0.2) is 29.4 Å². The van der Waals surface area contributed by atoms with E-state index in [-0.39, 0.29) is 5.91 Å². The fraction of sp³-hybridized carbons (Fsp3) is 0.286. The van der Waals surface area contributed by atoms with E-state index in [1.807, 2.05) is 19.9 Å². The van der Waals surface area contributed by atoms with Crippen molar-refractivity contribution in [3.8, 4) is 0 Å². The zero-order valence-electron chi connectivity index (χ0n) is 11.4. The van der Waals surface area contributed by atoms with E-state index in [1.165, 1.54) is 11.3 Å². The molecule has 2 rings (SSSR count). The van der Waals surface area contributed by atoms with E-state index in [2.05, 4.69) is 11.6 Å². The first-order valence-electron chi connectivity index (χ1n) is 5.98. The molecule has 0 aromatic carbocycles. The first-order chi connectivity index (χ1) is 8.95. The third-order valence-corrected chi connectivity index (χ3v) is 4.06. The van der Waals surface area contributed by atoms with Crippen LogP contribution in [0.5, 0.6) is 0 Å². The number of nitrogens with zero attached hydrogens (tertiary/aromatic N) is 2. The van der Waals surface area contributed by atoms with E-state index in [0.717, 1.165) is 21.5 Å². The van der Waals surface area contributed by atoms with Gasteiger partial charge in [0.1, 0.15) is 9.71 Å². The molecule has 5 heteroatoms. The number of thiophene rings is 1. The number of aromatic nitrogens is 1. The molecule has 0 aliphatic heterocycles. The number of hydrogen-bond donors (Lipinski definition) is 1. The molecule has 4 nitrogen and oxygen atoms in total. The second kappa shape index (κ2) is 5.01. The van der Waals surface area contributed by atoms with Crippen molar-refractivity contribution in [1.29, 1.82) is 0 Å². The summed E-state index contributed by atoms with van der Waals surface area (Å²) in [6.07, 6.45) is 1.69. The number of nitrogens with two attached hydrogens (primary N) is 1. The molecule has 0 spiro atoms. The van der Waals surface area contributed by atoms with Crippen LogP contribution < -0.4 is 5.73 Å². The van der Waals surface area contributed by atoms with Crippen molar-refractivity contribution in [1.82, 2.24) is 9.88 Å². The average molecular weight is 275 g/mol. The SMILES string of the molecule is C=CCN(C)C(=O)c1sc2nc(C)cc(C)c2c1N.